The van der Waals surface area contributed by atoms with Crippen LogP contribution in [0, 0.1) is 0 Å². The Morgan fingerprint density at radius 2 is 1.94 bits per heavy atom. The van der Waals surface area contributed by atoms with E-state index in [-0.39, 0.29) is 24.0 Å². The Morgan fingerprint density at radius 1 is 1.22 bits per heavy atom. The molecule has 3 atom stereocenters. The average Bonchev–Trinajstić information content (AvgIpc) is 2.70. The molecule has 2 heterocycles. The van der Waals surface area contributed by atoms with Crippen LogP contribution in [-0.4, -0.2) is 41.9 Å². The normalized spacial score (nSPS) is 32.0. The molecular weight excluding hydrogens is 230 g/mol. The maximum absolute atomic E-state index is 9.46. The molecule has 4 nitrogen and oxygen atoms in total. The minimum atomic E-state index is 0.259. The zero-order chi connectivity index (χ0) is 12.7. The summed E-state index contributed by atoms with van der Waals surface area (Å²) < 4.78 is 11.4. The molecule has 1 aromatic carbocycles. The van der Waals surface area contributed by atoms with Gasteiger partial charge in [-0.1, -0.05) is 0 Å². The molecular formula is C14H19NO3. The van der Waals surface area contributed by atoms with E-state index in [4.69, 9.17) is 9.47 Å². The van der Waals surface area contributed by atoms with Gasteiger partial charge < -0.3 is 14.6 Å². The minimum Gasteiger partial charge on any atom is -0.508 e. The van der Waals surface area contributed by atoms with Gasteiger partial charge in [-0.3, -0.25) is 4.90 Å². The third kappa shape index (κ3) is 2.06. The Labute approximate surface area is 107 Å². The van der Waals surface area contributed by atoms with Crippen LogP contribution in [0.25, 0.3) is 0 Å². The van der Waals surface area contributed by atoms with Crippen molar-refractivity contribution in [3.63, 3.8) is 0 Å². The quantitative estimate of drug-likeness (QED) is 0.826. The summed E-state index contributed by atoms with van der Waals surface area (Å²) in [4.78, 5) is 2.42. The number of phenolic OH excluding ortho intramolecular Hbond substituents is 1. The van der Waals surface area contributed by atoms with Crippen LogP contribution in [0.4, 0.5) is 0 Å². The maximum atomic E-state index is 9.46. The molecule has 0 saturated carbocycles. The molecule has 0 bridgehead atoms. The van der Waals surface area contributed by atoms with Gasteiger partial charge in [-0.2, -0.15) is 0 Å². The lowest BCUT2D eigenvalue weighted by Crippen LogP contribution is -2.47. The standard InChI is InChI=1S/C14H19NO3/c1-9-6-15(7-10(2)18-9)13-8-17-14-5-11(16)3-4-12(13)14/h3-5,9-10,13,16H,6-8H2,1-2H3/t9-,10+,13?. The predicted molar refractivity (Wildman–Crippen MR) is 67.9 cm³/mol. The van der Waals surface area contributed by atoms with Crippen molar-refractivity contribution in [2.24, 2.45) is 0 Å². The largest absolute Gasteiger partial charge is 0.508 e. The van der Waals surface area contributed by atoms with E-state index in [9.17, 15) is 5.11 Å². The molecule has 0 spiro atoms. The lowest BCUT2D eigenvalue weighted by atomic mass is 10.0. The van der Waals surface area contributed by atoms with Crippen LogP contribution in [0.5, 0.6) is 11.5 Å². The number of hydrogen-bond acceptors (Lipinski definition) is 4. The summed E-state index contributed by atoms with van der Waals surface area (Å²) in [6.07, 6.45) is 0.518. The third-order valence-electron chi connectivity index (χ3n) is 3.64. The van der Waals surface area contributed by atoms with E-state index < -0.39 is 0 Å². The summed E-state index contributed by atoms with van der Waals surface area (Å²) in [6.45, 7) is 6.74. The number of morpholine rings is 1. The van der Waals surface area contributed by atoms with Gasteiger partial charge in [0.25, 0.3) is 0 Å². The number of rotatable bonds is 1. The van der Waals surface area contributed by atoms with Crippen molar-refractivity contribution in [3.05, 3.63) is 23.8 Å². The SMILES string of the molecule is C[C@@H]1CN(C2COc3cc(O)ccc32)C[C@H](C)O1. The second-order valence-corrected chi connectivity index (χ2v) is 5.26. The van der Waals surface area contributed by atoms with E-state index in [1.165, 1.54) is 5.56 Å². The number of phenols is 1. The van der Waals surface area contributed by atoms with Crippen LogP contribution in [0.15, 0.2) is 18.2 Å². The van der Waals surface area contributed by atoms with Crippen molar-refractivity contribution in [1.29, 1.82) is 0 Å². The fraction of sp³-hybridized carbons (Fsp3) is 0.571. The van der Waals surface area contributed by atoms with Gasteiger partial charge in [0.1, 0.15) is 18.1 Å². The summed E-state index contributed by atoms with van der Waals surface area (Å²) in [5, 5.41) is 9.46. The van der Waals surface area contributed by atoms with E-state index in [0.717, 1.165) is 18.8 Å². The van der Waals surface area contributed by atoms with Crippen LogP contribution in [0.3, 0.4) is 0 Å². The molecule has 1 N–H and O–H groups in total. The zero-order valence-corrected chi connectivity index (χ0v) is 10.8. The minimum absolute atomic E-state index is 0.259. The van der Waals surface area contributed by atoms with Gasteiger partial charge in [0.15, 0.2) is 0 Å². The van der Waals surface area contributed by atoms with E-state index in [1.807, 2.05) is 6.07 Å². The van der Waals surface area contributed by atoms with E-state index in [0.29, 0.717) is 6.61 Å². The van der Waals surface area contributed by atoms with E-state index in [2.05, 4.69) is 18.7 Å². The highest BCUT2D eigenvalue weighted by Gasteiger charge is 2.34. The first-order valence-electron chi connectivity index (χ1n) is 6.48. The second-order valence-electron chi connectivity index (χ2n) is 5.26. The van der Waals surface area contributed by atoms with Gasteiger partial charge in [0.2, 0.25) is 0 Å². The van der Waals surface area contributed by atoms with Gasteiger partial charge >= 0.3 is 0 Å². The Balaban J connectivity index is 1.83. The Morgan fingerprint density at radius 3 is 2.67 bits per heavy atom. The first-order chi connectivity index (χ1) is 8.63. The topological polar surface area (TPSA) is 41.9 Å². The van der Waals surface area contributed by atoms with Crippen LogP contribution >= 0.6 is 0 Å². The fourth-order valence-electron chi connectivity index (χ4n) is 2.96. The number of hydrogen-bond donors (Lipinski definition) is 1. The van der Waals surface area contributed by atoms with Gasteiger partial charge in [-0.05, 0) is 26.0 Å². The van der Waals surface area contributed by atoms with E-state index >= 15 is 0 Å². The number of nitrogens with zero attached hydrogens (tertiary/aromatic N) is 1. The van der Waals surface area contributed by atoms with Gasteiger partial charge in [0.05, 0.1) is 18.2 Å². The molecule has 98 valence electrons. The third-order valence-corrected chi connectivity index (χ3v) is 3.64. The molecule has 1 aromatic rings. The zero-order valence-electron chi connectivity index (χ0n) is 10.8. The molecule has 0 aromatic heterocycles. The Bertz CT molecular complexity index is 439. The number of fused-ring (bicyclic) bond motifs is 1. The van der Waals surface area contributed by atoms with Crippen molar-refractivity contribution in [2.45, 2.75) is 32.1 Å². The molecule has 2 aliphatic rings. The Hall–Kier alpha value is -1.26. The number of benzene rings is 1. The van der Waals surface area contributed by atoms with Crippen LogP contribution < -0.4 is 4.74 Å². The first-order valence-corrected chi connectivity index (χ1v) is 6.48. The summed E-state index contributed by atoms with van der Waals surface area (Å²) in [7, 11) is 0. The van der Waals surface area contributed by atoms with Gasteiger partial charge in [-0.25, -0.2) is 0 Å². The lowest BCUT2D eigenvalue weighted by molar-refractivity contribution is -0.0822. The van der Waals surface area contributed by atoms with Crippen molar-refractivity contribution >= 4 is 0 Å². The van der Waals surface area contributed by atoms with Crippen LogP contribution in [0.1, 0.15) is 25.5 Å². The van der Waals surface area contributed by atoms with Crippen LogP contribution in [-0.2, 0) is 4.74 Å². The van der Waals surface area contributed by atoms with Gasteiger partial charge in [0, 0.05) is 24.7 Å². The average molecular weight is 249 g/mol. The van der Waals surface area contributed by atoms with Crippen molar-refractivity contribution < 1.29 is 14.6 Å². The molecule has 4 heteroatoms. The second kappa shape index (κ2) is 4.44. The number of aromatic hydroxyl groups is 1. The molecule has 0 radical (unpaired) electrons. The lowest BCUT2D eigenvalue weighted by Gasteiger charge is -2.38. The molecule has 3 rings (SSSR count). The van der Waals surface area contributed by atoms with Crippen molar-refractivity contribution in [3.8, 4) is 11.5 Å². The fourth-order valence-corrected chi connectivity index (χ4v) is 2.96. The van der Waals surface area contributed by atoms with E-state index in [1.54, 1.807) is 12.1 Å². The molecule has 1 unspecified atom stereocenters. The summed E-state index contributed by atoms with van der Waals surface area (Å²) in [5.74, 6) is 1.07. The first kappa shape index (κ1) is 11.8. The molecule has 1 fully saturated rings. The highest BCUT2D eigenvalue weighted by molar-refractivity contribution is 5.44. The molecule has 0 aliphatic carbocycles. The molecule has 18 heavy (non-hydrogen) atoms. The summed E-state index contributed by atoms with van der Waals surface area (Å²) in [5.41, 5.74) is 1.18. The molecule has 0 amide bonds. The van der Waals surface area contributed by atoms with Gasteiger partial charge in [-0.15, -0.1) is 0 Å². The highest BCUT2D eigenvalue weighted by atomic mass is 16.5. The molecule has 2 aliphatic heterocycles. The highest BCUT2D eigenvalue weighted by Crippen LogP contribution is 2.39. The van der Waals surface area contributed by atoms with Crippen LogP contribution in [0.2, 0.25) is 0 Å². The monoisotopic (exact) mass is 249 g/mol. The smallest absolute Gasteiger partial charge is 0.127 e. The summed E-state index contributed by atoms with van der Waals surface area (Å²) >= 11 is 0. The Kier molecular flexibility index (Phi) is 2.92. The predicted octanol–water partition coefficient (Wildman–Crippen LogP) is 1.93. The molecule has 1 saturated heterocycles. The summed E-state index contributed by atoms with van der Waals surface area (Å²) in [6, 6.07) is 5.68. The number of ether oxygens (including phenoxy) is 2. The maximum Gasteiger partial charge on any atom is 0.127 e. The van der Waals surface area contributed by atoms with Crippen molar-refractivity contribution in [1.82, 2.24) is 4.90 Å². The van der Waals surface area contributed by atoms with Crippen molar-refractivity contribution in [2.75, 3.05) is 19.7 Å².